The van der Waals surface area contributed by atoms with Crippen LogP contribution in [-0.2, 0) is 11.3 Å². The highest BCUT2D eigenvalue weighted by Gasteiger charge is 2.32. The van der Waals surface area contributed by atoms with Gasteiger partial charge in [-0.3, -0.25) is 4.90 Å². The van der Waals surface area contributed by atoms with E-state index in [0.29, 0.717) is 13.2 Å². The number of tetrazole rings is 1. The molecular weight excluding hydrogens is 412 g/mol. The van der Waals surface area contributed by atoms with Gasteiger partial charge in [0.05, 0.1) is 19.2 Å². The van der Waals surface area contributed by atoms with E-state index in [1.54, 1.807) is 7.11 Å². The maximum Gasteiger partial charge on any atom is 0.173 e. The average molecular weight is 441 g/mol. The molecule has 4 rings (SSSR count). The Bertz CT molecular complexity index is 1010. The lowest BCUT2D eigenvalue weighted by molar-refractivity contribution is 0.172. The summed E-state index contributed by atoms with van der Waals surface area (Å²) >= 11 is 6.63. The number of halogens is 1. The molecule has 7 nitrogen and oxygen atoms in total. The summed E-state index contributed by atoms with van der Waals surface area (Å²) in [6.07, 6.45) is 0. The van der Waals surface area contributed by atoms with E-state index in [2.05, 4.69) is 63.4 Å². The molecule has 0 amide bonds. The van der Waals surface area contributed by atoms with Gasteiger partial charge >= 0.3 is 0 Å². The van der Waals surface area contributed by atoms with Crippen LogP contribution in [0.5, 0.6) is 0 Å². The van der Waals surface area contributed by atoms with Crippen LogP contribution in [0.25, 0.3) is 0 Å². The third kappa shape index (κ3) is 4.59. The number of rotatable bonds is 7. The van der Waals surface area contributed by atoms with Gasteiger partial charge in [-0.1, -0.05) is 41.9 Å². The van der Waals surface area contributed by atoms with Gasteiger partial charge in [-0.2, -0.15) is 0 Å². The summed E-state index contributed by atoms with van der Waals surface area (Å²) in [6.45, 7) is 9.17. The maximum absolute atomic E-state index is 6.63. The number of piperazine rings is 1. The first-order valence-electron chi connectivity index (χ1n) is 10.6. The number of methoxy groups -OCH3 is 1. The van der Waals surface area contributed by atoms with Crippen molar-refractivity contribution in [3.63, 3.8) is 0 Å². The molecule has 2 aromatic carbocycles. The van der Waals surface area contributed by atoms with Gasteiger partial charge in [-0.15, -0.1) is 5.10 Å². The fraction of sp³-hybridized carbons (Fsp3) is 0.435. The minimum Gasteiger partial charge on any atom is -0.383 e. The zero-order chi connectivity index (χ0) is 21.8. The molecule has 0 aliphatic carbocycles. The van der Waals surface area contributed by atoms with E-state index in [1.165, 1.54) is 16.8 Å². The largest absolute Gasteiger partial charge is 0.383 e. The quantitative estimate of drug-likeness (QED) is 0.560. The van der Waals surface area contributed by atoms with Crippen LogP contribution in [0.2, 0.25) is 5.02 Å². The maximum atomic E-state index is 6.63. The van der Waals surface area contributed by atoms with E-state index in [0.717, 1.165) is 42.6 Å². The molecule has 8 heteroatoms. The summed E-state index contributed by atoms with van der Waals surface area (Å²) in [5.41, 5.74) is 5.02. The van der Waals surface area contributed by atoms with Crippen molar-refractivity contribution in [2.45, 2.75) is 26.4 Å². The molecule has 0 radical (unpaired) electrons. The summed E-state index contributed by atoms with van der Waals surface area (Å²) in [5, 5.41) is 13.3. The number of anilines is 1. The predicted molar refractivity (Wildman–Crippen MR) is 123 cm³/mol. The third-order valence-electron chi connectivity index (χ3n) is 6.11. The summed E-state index contributed by atoms with van der Waals surface area (Å²) in [6, 6.07) is 14.4. The normalized spacial score (nSPS) is 15.9. The molecule has 3 aromatic rings. The first kappa shape index (κ1) is 21.7. The Balaban J connectivity index is 1.61. The van der Waals surface area contributed by atoms with E-state index < -0.39 is 0 Å². The first-order chi connectivity index (χ1) is 15.1. The predicted octanol–water partition coefficient (Wildman–Crippen LogP) is 3.50. The molecule has 0 spiro atoms. The summed E-state index contributed by atoms with van der Waals surface area (Å²) < 4.78 is 7.07. The molecule has 0 bridgehead atoms. The molecule has 2 heterocycles. The van der Waals surface area contributed by atoms with Crippen LogP contribution in [0, 0.1) is 13.8 Å². The topological polar surface area (TPSA) is 59.3 Å². The number of aryl methyl sites for hydroxylation is 1. The van der Waals surface area contributed by atoms with Crippen molar-refractivity contribution in [1.82, 2.24) is 25.1 Å². The molecule has 1 saturated heterocycles. The lowest BCUT2D eigenvalue weighted by Gasteiger charge is -2.40. The van der Waals surface area contributed by atoms with Crippen molar-refractivity contribution in [2.24, 2.45) is 0 Å². The monoisotopic (exact) mass is 440 g/mol. The van der Waals surface area contributed by atoms with Crippen molar-refractivity contribution in [1.29, 1.82) is 0 Å². The number of nitrogens with zero attached hydrogens (tertiary/aromatic N) is 6. The number of ether oxygens (including phenoxy) is 1. The fourth-order valence-corrected chi connectivity index (χ4v) is 4.48. The summed E-state index contributed by atoms with van der Waals surface area (Å²) in [4.78, 5) is 4.90. The van der Waals surface area contributed by atoms with Gasteiger partial charge in [0.1, 0.15) is 0 Å². The van der Waals surface area contributed by atoms with E-state index in [1.807, 2.05) is 22.9 Å². The van der Waals surface area contributed by atoms with Crippen molar-refractivity contribution >= 4 is 17.3 Å². The van der Waals surface area contributed by atoms with Crippen LogP contribution in [0.1, 0.15) is 28.6 Å². The molecule has 1 aromatic heterocycles. The average Bonchev–Trinajstić information content (AvgIpc) is 3.24. The first-order valence-corrected chi connectivity index (χ1v) is 11.0. The van der Waals surface area contributed by atoms with Crippen LogP contribution in [0.15, 0.2) is 42.5 Å². The minimum atomic E-state index is -0.110. The van der Waals surface area contributed by atoms with Gasteiger partial charge in [-0.25, -0.2) is 4.68 Å². The second kappa shape index (κ2) is 9.77. The lowest BCUT2D eigenvalue weighted by Crippen LogP contribution is -2.48. The van der Waals surface area contributed by atoms with Gasteiger partial charge < -0.3 is 9.64 Å². The van der Waals surface area contributed by atoms with Crippen molar-refractivity contribution < 1.29 is 4.74 Å². The second-order valence-corrected chi connectivity index (χ2v) is 8.33. The Morgan fingerprint density at radius 1 is 1.03 bits per heavy atom. The molecule has 0 saturated carbocycles. The molecule has 0 N–H and O–H groups in total. The van der Waals surface area contributed by atoms with Crippen LogP contribution < -0.4 is 4.90 Å². The lowest BCUT2D eigenvalue weighted by atomic mass is 10.0. The van der Waals surface area contributed by atoms with Crippen LogP contribution in [0.4, 0.5) is 5.69 Å². The Labute approximate surface area is 188 Å². The number of hydrogen-bond donors (Lipinski definition) is 0. The Hall–Kier alpha value is -2.48. The van der Waals surface area contributed by atoms with E-state index in [4.69, 9.17) is 16.3 Å². The highest BCUT2D eigenvalue weighted by molar-refractivity contribution is 6.31. The third-order valence-corrected chi connectivity index (χ3v) is 6.45. The highest BCUT2D eigenvalue weighted by atomic mass is 35.5. The van der Waals surface area contributed by atoms with Gasteiger partial charge in [-0.05, 0) is 53.1 Å². The Kier molecular flexibility index (Phi) is 6.85. The molecule has 31 heavy (non-hydrogen) atoms. The van der Waals surface area contributed by atoms with Crippen LogP contribution in [-0.4, -0.2) is 65.0 Å². The van der Waals surface area contributed by atoms with Gasteiger partial charge in [0.15, 0.2) is 5.82 Å². The molecule has 0 unspecified atom stereocenters. The number of aromatic nitrogens is 4. The summed E-state index contributed by atoms with van der Waals surface area (Å²) in [7, 11) is 1.68. The van der Waals surface area contributed by atoms with Gasteiger partial charge in [0.25, 0.3) is 0 Å². The molecule has 164 valence electrons. The fourth-order valence-electron chi connectivity index (χ4n) is 4.24. The molecule has 1 aliphatic rings. The SMILES string of the molecule is COCCn1nnnc1[C@@H](c1ccccc1Cl)N1CCN(c2cccc(C)c2C)CC1. The van der Waals surface area contributed by atoms with Crippen molar-refractivity contribution in [3.05, 3.63) is 70.0 Å². The standard InChI is InChI=1S/C23H29ClN6O/c1-17-7-6-10-21(18(17)2)28-11-13-29(14-12-28)22(19-8-4-5-9-20(19)24)23-25-26-27-30(23)15-16-31-3/h4-10,22H,11-16H2,1-3H3/t22-/m1/s1. The molecular formula is C23H29ClN6O. The number of hydrogen-bond acceptors (Lipinski definition) is 6. The zero-order valence-corrected chi connectivity index (χ0v) is 19.1. The smallest absolute Gasteiger partial charge is 0.173 e. The minimum absolute atomic E-state index is 0.110. The van der Waals surface area contributed by atoms with E-state index >= 15 is 0 Å². The number of benzene rings is 2. The Morgan fingerprint density at radius 3 is 2.55 bits per heavy atom. The van der Waals surface area contributed by atoms with E-state index in [-0.39, 0.29) is 6.04 Å². The molecule has 1 atom stereocenters. The van der Waals surface area contributed by atoms with Crippen LogP contribution >= 0.6 is 11.6 Å². The van der Waals surface area contributed by atoms with Gasteiger partial charge in [0.2, 0.25) is 0 Å². The van der Waals surface area contributed by atoms with Crippen LogP contribution in [0.3, 0.4) is 0 Å². The Morgan fingerprint density at radius 2 is 1.81 bits per heavy atom. The summed E-state index contributed by atoms with van der Waals surface area (Å²) in [5.74, 6) is 0.797. The zero-order valence-electron chi connectivity index (χ0n) is 18.3. The molecule has 1 fully saturated rings. The van der Waals surface area contributed by atoms with Crippen molar-refractivity contribution in [3.8, 4) is 0 Å². The second-order valence-electron chi connectivity index (χ2n) is 7.92. The van der Waals surface area contributed by atoms with E-state index in [9.17, 15) is 0 Å². The molecule has 1 aliphatic heterocycles. The van der Waals surface area contributed by atoms with Gasteiger partial charge in [0, 0.05) is 44.0 Å². The van der Waals surface area contributed by atoms with Crippen molar-refractivity contribution in [2.75, 3.05) is 44.8 Å². The highest BCUT2D eigenvalue weighted by Crippen LogP contribution is 2.33.